The summed E-state index contributed by atoms with van der Waals surface area (Å²) in [5.41, 5.74) is 1.68. The number of hydrogen-bond acceptors (Lipinski definition) is 4. The maximum atomic E-state index is 12.5. The third-order valence-electron chi connectivity index (χ3n) is 4.67. The molecule has 1 amide bonds. The van der Waals surface area contributed by atoms with E-state index in [0.29, 0.717) is 12.2 Å². The van der Waals surface area contributed by atoms with E-state index in [1.165, 1.54) is 0 Å². The van der Waals surface area contributed by atoms with Crippen molar-refractivity contribution in [3.8, 4) is 5.75 Å². The zero-order chi connectivity index (χ0) is 16.8. The lowest BCUT2D eigenvalue weighted by Crippen LogP contribution is -2.45. The number of para-hydroxylation sites is 1. The summed E-state index contributed by atoms with van der Waals surface area (Å²) in [5, 5.41) is 3.17. The Hall–Kier alpha value is -1.85. The summed E-state index contributed by atoms with van der Waals surface area (Å²) in [6.07, 6.45) is 5.01. The number of likely N-dealkylation sites (tertiary alicyclic amines) is 1. The molecular weight excluding hydrogens is 304 g/mol. The largest absolute Gasteiger partial charge is 0.488 e. The van der Waals surface area contributed by atoms with E-state index in [4.69, 9.17) is 9.47 Å². The van der Waals surface area contributed by atoms with E-state index in [9.17, 15) is 4.79 Å². The molecule has 2 aliphatic heterocycles. The van der Waals surface area contributed by atoms with Gasteiger partial charge in [0.25, 0.3) is 5.91 Å². The normalized spacial score (nSPS) is 18.5. The van der Waals surface area contributed by atoms with Crippen LogP contribution in [0.4, 0.5) is 0 Å². The van der Waals surface area contributed by atoms with E-state index in [1.54, 1.807) is 7.11 Å². The van der Waals surface area contributed by atoms with Gasteiger partial charge in [-0.2, -0.15) is 0 Å². The minimum absolute atomic E-state index is 0.00216. The molecule has 0 aliphatic carbocycles. The molecule has 24 heavy (non-hydrogen) atoms. The SMILES string of the molecule is COCCCN1CCC(NC(=O)C2=Cc3ccccc3OC2)CC1. The van der Waals surface area contributed by atoms with Gasteiger partial charge in [0.05, 0.1) is 5.57 Å². The van der Waals surface area contributed by atoms with Crippen molar-refractivity contribution in [1.29, 1.82) is 0 Å². The van der Waals surface area contributed by atoms with Crippen LogP contribution in [0, 0.1) is 0 Å². The highest BCUT2D eigenvalue weighted by atomic mass is 16.5. The number of hydrogen-bond donors (Lipinski definition) is 1. The molecule has 5 nitrogen and oxygen atoms in total. The molecule has 1 aromatic rings. The van der Waals surface area contributed by atoms with Crippen LogP contribution in [0.25, 0.3) is 6.08 Å². The lowest BCUT2D eigenvalue weighted by Gasteiger charge is -2.32. The van der Waals surface area contributed by atoms with Crippen LogP contribution in [0.15, 0.2) is 29.8 Å². The highest BCUT2D eigenvalue weighted by Gasteiger charge is 2.23. The second-order valence-electron chi connectivity index (χ2n) is 6.43. The number of carbonyl (C=O) groups is 1. The molecule has 1 fully saturated rings. The Morgan fingerprint density at radius 1 is 1.33 bits per heavy atom. The number of carbonyl (C=O) groups excluding carboxylic acids is 1. The maximum Gasteiger partial charge on any atom is 0.250 e. The maximum absolute atomic E-state index is 12.5. The summed E-state index contributed by atoms with van der Waals surface area (Å²) >= 11 is 0. The average Bonchev–Trinajstić information content (AvgIpc) is 2.63. The van der Waals surface area contributed by atoms with Crippen molar-refractivity contribution in [2.75, 3.05) is 40.0 Å². The summed E-state index contributed by atoms with van der Waals surface area (Å²) in [4.78, 5) is 14.9. The third kappa shape index (κ3) is 4.36. The first kappa shape index (κ1) is 17.0. The number of rotatable bonds is 6. The van der Waals surface area contributed by atoms with Crippen molar-refractivity contribution in [3.63, 3.8) is 0 Å². The molecule has 0 aromatic heterocycles. The highest BCUT2D eigenvalue weighted by molar-refractivity contribution is 5.99. The Balaban J connectivity index is 1.47. The Kier molecular flexibility index (Phi) is 5.88. The lowest BCUT2D eigenvalue weighted by molar-refractivity contribution is -0.118. The van der Waals surface area contributed by atoms with Crippen LogP contribution >= 0.6 is 0 Å². The van der Waals surface area contributed by atoms with E-state index >= 15 is 0 Å². The van der Waals surface area contributed by atoms with Gasteiger partial charge < -0.3 is 19.7 Å². The highest BCUT2D eigenvalue weighted by Crippen LogP contribution is 2.25. The van der Waals surface area contributed by atoms with Crippen molar-refractivity contribution < 1.29 is 14.3 Å². The molecule has 0 atom stereocenters. The van der Waals surface area contributed by atoms with Crippen LogP contribution in [-0.4, -0.2) is 56.8 Å². The van der Waals surface area contributed by atoms with Crippen molar-refractivity contribution in [3.05, 3.63) is 35.4 Å². The molecule has 1 aromatic carbocycles. The molecule has 0 bridgehead atoms. The van der Waals surface area contributed by atoms with Crippen LogP contribution in [0.1, 0.15) is 24.8 Å². The van der Waals surface area contributed by atoms with Gasteiger partial charge in [-0.1, -0.05) is 18.2 Å². The van der Waals surface area contributed by atoms with Crippen molar-refractivity contribution in [2.45, 2.75) is 25.3 Å². The molecule has 0 saturated carbocycles. The molecule has 1 N–H and O–H groups in total. The smallest absolute Gasteiger partial charge is 0.250 e. The van der Waals surface area contributed by atoms with E-state index in [0.717, 1.165) is 56.8 Å². The van der Waals surface area contributed by atoms with Crippen LogP contribution < -0.4 is 10.1 Å². The first-order chi connectivity index (χ1) is 11.8. The fraction of sp³-hybridized carbons (Fsp3) is 0.526. The molecule has 0 radical (unpaired) electrons. The van der Waals surface area contributed by atoms with Gasteiger partial charge in [0.2, 0.25) is 0 Å². The number of benzene rings is 1. The van der Waals surface area contributed by atoms with Crippen LogP contribution in [0.3, 0.4) is 0 Å². The molecular formula is C19H26N2O3. The quantitative estimate of drug-likeness (QED) is 0.812. The van der Waals surface area contributed by atoms with Gasteiger partial charge in [0.15, 0.2) is 0 Å². The Bertz CT molecular complexity index is 592. The monoisotopic (exact) mass is 330 g/mol. The first-order valence-corrected chi connectivity index (χ1v) is 8.71. The summed E-state index contributed by atoms with van der Waals surface area (Å²) in [5.74, 6) is 0.848. The van der Waals surface area contributed by atoms with Crippen molar-refractivity contribution >= 4 is 12.0 Å². The fourth-order valence-electron chi connectivity index (χ4n) is 3.26. The minimum atomic E-state index is 0.00216. The number of nitrogens with zero attached hydrogens (tertiary/aromatic N) is 1. The van der Waals surface area contributed by atoms with Crippen LogP contribution in [0.2, 0.25) is 0 Å². The average molecular weight is 330 g/mol. The number of fused-ring (bicyclic) bond motifs is 1. The minimum Gasteiger partial charge on any atom is -0.488 e. The third-order valence-corrected chi connectivity index (χ3v) is 4.67. The Morgan fingerprint density at radius 2 is 2.12 bits per heavy atom. The Labute approximate surface area is 143 Å². The van der Waals surface area contributed by atoms with E-state index in [1.807, 2.05) is 30.3 Å². The number of methoxy groups -OCH3 is 1. The molecule has 1 saturated heterocycles. The molecule has 3 rings (SSSR count). The standard InChI is InChI=1S/C19H26N2O3/c1-23-12-4-9-21-10-7-17(8-11-21)20-19(22)16-13-15-5-2-3-6-18(15)24-14-16/h2-3,5-6,13,17H,4,7-12,14H2,1H3,(H,20,22). The lowest BCUT2D eigenvalue weighted by atomic mass is 10.0. The zero-order valence-electron chi connectivity index (χ0n) is 14.3. The van der Waals surface area contributed by atoms with Gasteiger partial charge in [-0.15, -0.1) is 0 Å². The molecule has 5 heteroatoms. The fourth-order valence-corrected chi connectivity index (χ4v) is 3.26. The second-order valence-corrected chi connectivity index (χ2v) is 6.43. The predicted octanol–water partition coefficient (Wildman–Crippen LogP) is 2.08. The zero-order valence-corrected chi connectivity index (χ0v) is 14.3. The van der Waals surface area contributed by atoms with Crippen LogP contribution in [0.5, 0.6) is 5.75 Å². The van der Waals surface area contributed by atoms with Crippen LogP contribution in [-0.2, 0) is 9.53 Å². The van der Waals surface area contributed by atoms with E-state index in [2.05, 4.69) is 10.2 Å². The summed E-state index contributed by atoms with van der Waals surface area (Å²) in [7, 11) is 1.74. The van der Waals surface area contributed by atoms with Gasteiger partial charge in [-0.25, -0.2) is 0 Å². The van der Waals surface area contributed by atoms with E-state index in [-0.39, 0.29) is 11.9 Å². The number of nitrogens with one attached hydrogen (secondary N) is 1. The predicted molar refractivity (Wildman–Crippen MR) is 94.0 cm³/mol. The first-order valence-electron chi connectivity index (χ1n) is 8.71. The number of amides is 1. The molecule has 0 unspecified atom stereocenters. The summed E-state index contributed by atoms with van der Waals surface area (Å²) < 4.78 is 10.8. The number of piperidine rings is 1. The van der Waals surface area contributed by atoms with Gasteiger partial charge >= 0.3 is 0 Å². The molecule has 2 aliphatic rings. The van der Waals surface area contributed by atoms with Gasteiger partial charge in [0, 0.05) is 45.0 Å². The van der Waals surface area contributed by atoms with Crippen molar-refractivity contribution in [2.24, 2.45) is 0 Å². The number of ether oxygens (including phenoxy) is 2. The Morgan fingerprint density at radius 3 is 2.92 bits per heavy atom. The molecule has 2 heterocycles. The van der Waals surface area contributed by atoms with Gasteiger partial charge in [-0.05, 0) is 31.4 Å². The molecule has 0 spiro atoms. The summed E-state index contributed by atoms with van der Waals surface area (Å²) in [6.45, 7) is 4.30. The van der Waals surface area contributed by atoms with E-state index < -0.39 is 0 Å². The topological polar surface area (TPSA) is 50.8 Å². The molecule has 130 valence electrons. The second kappa shape index (κ2) is 8.31. The van der Waals surface area contributed by atoms with Gasteiger partial charge in [-0.3, -0.25) is 4.79 Å². The van der Waals surface area contributed by atoms with Crippen molar-refractivity contribution in [1.82, 2.24) is 10.2 Å². The summed E-state index contributed by atoms with van der Waals surface area (Å²) in [6, 6.07) is 8.06. The van der Waals surface area contributed by atoms with Gasteiger partial charge in [0.1, 0.15) is 12.4 Å².